The summed E-state index contributed by atoms with van der Waals surface area (Å²) in [5.74, 6) is 0.0966. The zero-order valence-corrected chi connectivity index (χ0v) is 12.3. The van der Waals surface area contributed by atoms with Gasteiger partial charge in [-0.1, -0.05) is 34.1 Å². The molecular formula is C16H14BrNO. The minimum atomic E-state index is 0.0966. The summed E-state index contributed by atoms with van der Waals surface area (Å²) in [5.41, 5.74) is 4.09. The third-order valence-electron chi connectivity index (χ3n) is 3.44. The molecule has 0 unspecified atom stereocenters. The van der Waals surface area contributed by atoms with Crippen LogP contribution in [-0.2, 0) is 6.42 Å². The summed E-state index contributed by atoms with van der Waals surface area (Å²) < 4.78 is 1.01. The Morgan fingerprint density at radius 2 is 1.95 bits per heavy atom. The van der Waals surface area contributed by atoms with E-state index in [0.717, 1.165) is 39.8 Å². The van der Waals surface area contributed by atoms with E-state index in [1.54, 1.807) is 0 Å². The van der Waals surface area contributed by atoms with Crippen LogP contribution < -0.4 is 4.90 Å². The van der Waals surface area contributed by atoms with Crippen LogP contribution in [-0.4, -0.2) is 12.5 Å². The third kappa shape index (κ3) is 2.30. The van der Waals surface area contributed by atoms with Gasteiger partial charge >= 0.3 is 0 Å². The molecule has 0 bridgehead atoms. The first-order valence-electron chi connectivity index (χ1n) is 6.32. The van der Waals surface area contributed by atoms with Gasteiger partial charge in [-0.15, -0.1) is 0 Å². The lowest BCUT2D eigenvalue weighted by Gasteiger charge is -2.29. The fourth-order valence-electron chi connectivity index (χ4n) is 2.55. The first-order chi connectivity index (χ1) is 9.15. The van der Waals surface area contributed by atoms with Crippen molar-refractivity contribution in [2.24, 2.45) is 0 Å². The number of benzene rings is 2. The number of anilines is 1. The Morgan fingerprint density at radius 3 is 2.74 bits per heavy atom. The monoisotopic (exact) mass is 315 g/mol. The number of rotatable bonds is 1. The maximum Gasteiger partial charge on any atom is 0.258 e. The lowest BCUT2D eigenvalue weighted by molar-refractivity contribution is 0.0980. The maximum atomic E-state index is 12.6. The molecule has 0 fully saturated rings. The van der Waals surface area contributed by atoms with E-state index >= 15 is 0 Å². The molecule has 3 heteroatoms. The van der Waals surface area contributed by atoms with Crippen LogP contribution in [0, 0.1) is 6.92 Å². The van der Waals surface area contributed by atoms with Gasteiger partial charge in [-0.2, -0.15) is 0 Å². The number of aryl methyl sites for hydroxylation is 1. The molecule has 3 rings (SSSR count). The zero-order chi connectivity index (χ0) is 13.4. The van der Waals surface area contributed by atoms with Gasteiger partial charge in [-0.05, 0) is 48.7 Å². The van der Waals surface area contributed by atoms with Gasteiger partial charge in [0.25, 0.3) is 5.91 Å². The first kappa shape index (κ1) is 12.4. The highest BCUT2D eigenvalue weighted by Crippen LogP contribution is 2.27. The van der Waals surface area contributed by atoms with E-state index in [0.29, 0.717) is 0 Å². The van der Waals surface area contributed by atoms with Gasteiger partial charge in [-0.3, -0.25) is 4.79 Å². The fourth-order valence-corrected chi connectivity index (χ4v) is 3.14. The average Bonchev–Trinajstić information content (AvgIpc) is 2.38. The van der Waals surface area contributed by atoms with E-state index in [9.17, 15) is 4.79 Å². The molecule has 0 aromatic heterocycles. The van der Waals surface area contributed by atoms with E-state index in [2.05, 4.69) is 22.0 Å². The summed E-state index contributed by atoms with van der Waals surface area (Å²) in [5, 5.41) is 0. The largest absolute Gasteiger partial charge is 0.308 e. The summed E-state index contributed by atoms with van der Waals surface area (Å²) in [7, 11) is 0. The summed E-state index contributed by atoms with van der Waals surface area (Å²) >= 11 is 3.49. The van der Waals surface area contributed by atoms with Gasteiger partial charge in [0.2, 0.25) is 0 Å². The number of nitrogens with zero attached hydrogens (tertiary/aromatic N) is 1. The molecule has 1 amide bonds. The molecule has 0 saturated carbocycles. The molecule has 96 valence electrons. The zero-order valence-electron chi connectivity index (χ0n) is 10.7. The van der Waals surface area contributed by atoms with Crippen LogP contribution in [0.3, 0.4) is 0 Å². The Labute approximate surface area is 121 Å². The van der Waals surface area contributed by atoms with Crippen molar-refractivity contribution in [3.05, 3.63) is 63.6 Å². The molecule has 0 radical (unpaired) electrons. The number of amides is 1. The van der Waals surface area contributed by atoms with Crippen molar-refractivity contribution in [2.75, 3.05) is 11.4 Å². The number of carbonyl (C=O) groups excluding carboxylic acids is 1. The highest BCUT2D eigenvalue weighted by atomic mass is 79.9. The van der Waals surface area contributed by atoms with Gasteiger partial charge < -0.3 is 4.90 Å². The van der Waals surface area contributed by atoms with E-state index < -0.39 is 0 Å². The van der Waals surface area contributed by atoms with Crippen molar-refractivity contribution in [3.63, 3.8) is 0 Å². The third-order valence-corrected chi connectivity index (χ3v) is 3.89. The molecule has 2 aromatic carbocycles. The summed E-state index contributed by atoms with van der Waals surface area (Å²) in [6.45, 7) is 2.78. The number of hydrogen-bond donors (Lipinski definition) is 0. The standard InChI is InChI=1S/C16H14BrNO/c1-11-8-13(17)10-14(9-11)18-7-6-12-4-2-3-5-15(12)16(18)19/h2-5,8-10H,6-7H2,1H3. The molecule has 1 heterocycles. The van der Waals surface area contributed by atoms with Crippen molar-refractivity contribution >= 4 is 27.5 Å². The fraction of sp³-hybridized carbons (Fsp3) is 0.188. The smallest absolute Gasteiger partial charge is 0.258 e. The molecule has 1 aliphatic rings. The molecule has 19 heavy (non-hydrogen) atoms. The molecule has 2 aromatic rings. The molecule has 0 N–H and O–H groups in total. The van der Waals surface area contributed by atoms with Crippen LogP contribution >= 0.6 is 15.9 Å². The molecule has 0 atom stereocenters. The molecule has 0 aliphatic carbocycles. The van der Waals surface area contributed by atoms with E-state index in [-0.39, 0.29) is 5.91 Å². The van der Waals surface area contributed by atoms with Gasteiger partial charge in [-0.25, -0.2) is 0 Å². The van der Waals surface area contributed by atoms with Crippen molar-refractivity contribution < 1.29 is 4.79 Å². The minimum absolute atomic E-state index is 0.0966. The second kappa shape index (κ2) is 4.82. The Balaban J connectivity index is 2.02. The number of hydrogen-bond acceptors (Lipinski definition) is 1. The summed E-state index contributed by atoms with van der Waals surface area (Å²) in [6, 6.07) is 14.0. The highest BCUT2D eigenvalue weighted by Gasteiger charge is 2.25. The topological polar surface area (TPSA) is 20.3 Å². The van der Waals surface area contributed by atoms with Crippen LogP contribution in [0.15, 0.2) is 46.9 Å². The maximum absolute atomic E-state index is 12.6. The van der Waals surface area contributed by atoms with Crippen molar-refractivity contribution in [2.45, 2.75) is 13.3 Å². The quantitative estimate of drug-likeness (QED) is 0.780. The van der Waals surface area contributed by atoms with Gasteiger partial charge in [0, 0.05) is 22.3 Å². The lowest BCUT2D eigenvalue weighted by atomic mass is 9.98. The number of fused-ring (bicyclic) bond motifs is 1. The van der Waals surface area contributed by atoms with Crippen LogP contribution in [0.2, 0.25) is 0 Å². The minimum Gasteiger partial charge on any atom is -0.308 e. The van der Waals surface area contributed by atoms with Crippen LogP contribution in [0.25, 0.3) is 0 Å². The lowest BCUT2D eigenvalue weighted by Crippen LogP contribution is -2.37. The predicted octanol–water partition coefficient (Wildman–Crippen LogP) is 3.96. The Bertz CT molecular complexity index is 631. The van der Waals surface area contributed by atoms with Crippen LogP contribution in [0.1, 0.15) is 21.5 Å². The molecule has 0 spiro atoms. The van der Waals surface area contributed by atoms with Gasteiger partial charge in [0.05, 0.1) is 0 Å². The van der Waals surface area contributed by atoms with Crippen LogP contribution in [0.5, 0.6) is 0 Å². The van der Waals surface area contributed by atoms with E-state index in [1.807, 2.05) is 48.2 Å². The second-order valence-corrected chi connectivity index (χ2v) is 5.77. The number of carbonyl (C=O) groups is 1. The summed E-state index contributed by atoms with van der Waals surface area (Å²) in [4.78, 5) is 14.4. The van der Waals surface area contributed by atoms with Gasteiger partial charge in [0.1, 0.15) is 0 Å². The van der Waals surface area contributed by atoms with Gasteiger partial charge in [0.15, 0.2) is 0 Å². The van der Waals surface area contributed by atoms with Crippen molar-refractivity contribution in [1.29, 1.82) is 0 Å². The SMILES string of the molecule is Cc1cc(Br)cc(N2CCc3ccccc3C2=O)c1. The highest BCUT2D eigenvalue weighted by molar-refractivity contribution is 9.10. The van der Waals surface area contributed by atoms with Crippen molar-refractivity contribution in [1.82, 2.24) is 0 Å². The van der Waals surface area contributed by atoms with E-state index in [4.69, 9.17) is 0 Å². The van der Waals surface area contributed by atoms with Crippen LogP contribution in [0.4, 0.5) is 5.69 Å². The second-order valence-electron chi connectivity index (χ2n) is 4.85. The molecule has 0 saturated heterocycles. The number of halogens is 1. The van der Waals surface area contributed by atoms with Crippen molar-refractivity contribution in [3.8, 4) is 0 Å². The summed E-state index contributed by atoms with van der Waals surface area (Å²) in [6.07, 6.45) is 0.910. The molecule has 2 nitrogen and oxygen atoms in total. The normalized spacial score (nSPS) is 14.4. The predicted molar refractivity (Wildman–Crippen MR) is 80.7 cm³/mol. The molecule has 1 aliphatic heterocycles. The first-order valence-corrected chi connectivity index (χ1v) is 7.11. The Morgan fingerprint density at radius 1 is 1.16 bits per heavy atom. The Kier molecular flexibility index (Phi) is 3.15. The Hall–Kier alpha value is -1.61. The average molecular weight is 316 g/mol. The molecular weight excluding hydrogens is 302 g/mol. The van der Waals surface area contributed by atoms with E-state index in [1.165, 1.54) is 0 Å².